The van der Waals surface area contributed by atoms with Crippen molar-refractivity contribution < 1.29 is 9.21 Å². The van der Waals surface area contributed by atoms with Gasteiger partial charge in [-0.1, -0.05) is 25.4 Å². The Bertz CT molecular complexity index is 895. The molecule has 25 heavy (non-hydrogen) atoms. The number of carbonyl (C=O) groups is 1. The molecule has 2 aromatic heterocycles. The number of hydrogen-bond acceptors (Lipinski definition) is 3. The van der Waals surface area contributed by atoms with Crippen LogP contribution in [0.4, 0.5) is 0 Å². The number of rotatable bonds is 6. The number of aromatic nitrogens is 2. The third kappa shape index (κ3) is 4.04. The lowest BCUT2D eigenvalue weighted by Gasteiger charge is -2.03. The molecule has 0 radical (unpaired) electrons. The van der Waals surface area contributed by atoms with Gasteiger partial charge in [-0.3, -0.25) is 4.79 Å². The summed E-state index contributed by atoms with van der Waals surface area (Å²) < 4.78 is 5.61. The van der Waals surface area contributed by atoms with Crippen LogP contribution in [0.25, 0.3) is 10.9 Å². The molecule has 0 fully saturated rings. The number of hydrogen-bond donors (Lipinski definition) is 2. The van der Waals surface area contributed by atoms with E-state index < -0.39 is 0 Å². The van der Waals surface area contributed by atoms with Gasteiger partial charge < -0.3 is 14.7 Å². The van der Waals surface area contributed by atoms with Crippen molar-refractivity contribution in [3.05, 3.63) is 52.3 Å². The van der Waals surface area contributed by atoms with Gasteiger partial charge in [0.05, 0.1) is 5.69 Å². The van der Waals surface area contributed by atoms with Crippen LogP contribution >= 0.6 is 11.6 Å². The minimum absolute atomic E-state index is 0.224. The zero-order chi connectivity index (χ0) is 18.0. The lowest BCUT2D eigenvalue weighted by Crippen LogP contribution is -2.25. The second-order valence-corrected chi connectivity index (χ2v) is 7.07. The van der Waals surface area contributed by atoms with Crippen LogP contribution in [0, 0.1) is 12.8 Å². The molecule has 3 rings (SSSR count). The van der Waals surface area contributed by atoms with Gasteiger partial charge in [0, 0.05) is 35.1 Å². The normalized spacial score (nSPS) is 11.4. The molecule has 0 aliphatic rings. The Labute approximate surface area is 151 Å². The molecule has 1 aromatic carbocycles. The number of H-pyrrole nitrogens is 1. The molecule has 5 nitrogen and oxygen atoms in total. The molecule has 0 saturated heterocycles. The fraction of sp³-hybridized carbons (Fsp3) is 0.368. The Kier molecular flexibility index (Phi) is 5.13. The summed E-state index contributed by atoms with van der Waals surface area (Å²) >= 11 is 6.06. The average molecular weight is 360 g/mol. The third-order valence-electron chi connectivity index (χ3n) is 4.04. The van der Waals surface area contributed by atoms with Crippen LogP contribution in [0.2, 0.25) is 5.02 Å². The zero-order valence-electron chi connectivity index (χ0n) is 14.6. The highest BCUT2D eigenvalue weighted by atomic mass is 35.5. The predicted octanol–water partition coefficient (Wildman–Crippen LogP) is 4.29. The lowest BCUT2D eigenvalue weighted by atomic mass is 10.1. The van der Waals surface area contributed by atoms with Crippen LogP contribution in [0.15, 0.2) is 28.8 Å². The molecule has 2 heterocycles. The number of nitrogens with one attached hydrogen (secondary N) is 2. The first-order chi connectivity index (χ1) is 11.9. The van der Waals surface area contributed by atoms with Gasteiger partial charge in [0.15, 0.2) is 5.89 Å². The monoisotopic (exact) mass is 359 g/mol. The molecule has 1 amide bonds. The summed E-state index contributed by atoms with van der Waals surface area (Å²) in [6.45, 7) is 6.49. The first-order valence-corrected chi connectivity index (χ1v) is 8.82. The Morgan fingerprint density at radius 1 is 1.40 bits per heavy atom. The molecule has 0 aliphatic heterocycles. The van der Waals surface area contributed by atoms with Crippen molar-refractivity contribution in [1.29, 1.82) is 0 Å². The molecule has 132 valence electrons. The summed E-state index contributed by atoms with van der Waals surface area (Å²) in [5.41, 5.74) is 2.79. The van der Waals surface area contributed by atoms with E-state index in [1.807, 2.05) is 24.4 Å². The quantitative estimate of drug-likeness (QED) is 0.689. The van der Waals surface area contributed by atoms with Crippen molar-refractivity contribution in [2.45, 2.75) is 33.6 Å². The summed E-state index contributed by atoms with van der Waals surface area (Å²) in [6, 6.07) is 5.74. The summed E-state index contributed by atoms with van der Waals surface area (Å²) in [6.07, 6.45) is 3.38. The SMILES string of the molecule is Cc1nc(CC(C)C)oc1C(=O)NCCc1c[nH]c2ccc(Cl)cc12. The Morgan fingerprint density at radius 2 is 2.20 bits per heavy atom. The third-order valence-corrected chi connectivity index (χ3v) is 4.27. The number of fused-ring (bicyclic) bond motifs is 1. The highest BCUT2D eigenvalue weighted by molar-refractivity contribution is 6.31. The Morgan fingerprint density at radius 3 is 2.96 bits per heavy atom. The molecular formula is C19H22ClN3O2. The number of nitrogens with zero attached hydrogens (tertiary/aromatic N) is 1. The van der Waals surface area contributed by atoms with Crippen LogP contribution in [0.3, 0.4) is 0 Å². The number of halogens is 1. The smallest absolute Gasteiger partial charge is 0.289 e. The number of aryl methyl sites for hydroxylation is 1. The average Bonchev–Trinajstić information content (AvgIpc) is 3.10. The van der Waals surface area contributed by atoms with Gasteiger partial charge >= 0.3 is 0 Å². The number of carbonyl (C=O) groups excluding carboxylic acids is 1. The molecule has 0 unspecified atom stereocenters. The van der Waals surface area contributed by atoms with E-state index >= 15 is 0 Å². The first-order valence-electron chi connectivity index (χ1n) is 8.44. The zero-order valence-corrected chi connectivity index (χ0v) is 15.4. The summed E-state index contributed by atoms with van der Waals surface area (Å²) in [5, 5.41) is 4.69. The van der Waals surface area contributed by atoms with Gasteiger partial charge in [0.2, 0.25) is 5.76 Å². The van der Waals surface area contributed by atoms with Crippen LogP contribution in [-0.2, 0) is 12.8 Å². The van der Waals surface area contributed by atoms with Gasteiger partial charge in [-0.25, -0.2) is 4.98 Å². The maximum absolute atomic E-state index is 12.3. The number of benzene rings is 1. The molecule has 6 heteroatoms. The molecule has 0 atom stereocenters. The lowest BCUT2D eigenvalue weighted by molar-refractivity contribution is 0.0923. The van der Waals surface area contributed by atoms with Gasteiger partial charge in [0.1, 0.15) is 0 Å². The van der Waals surface area contributed by atoms with E-state index in [2.05, 4.69) is 29.1 Å². The van der Waals surface area contributed by atoms with E-state index in [4.69, 9.17) is 16.0 Å². The maximum atomic E-state index is 12.3. The molecule has 0 bridgehead atoms. The van der Waals surface area contributed by atoms with Crippen LogP contribution in [0.1, 0.15) is 41.6 Å². The van der Waals surface area contributed by atoms with Crippen LogP contribution in [0.5, 0.6) is 0 Å². The first kappa shape index (κ1) is 17.5. The van der Waals surface area contributed by atoms with E-state index in [-0.39, 0.29) is 5.91 Å². The van der Waals surface area contributed by atoms with E-state index in [1.54, 1.807) is 6.92 Å². The van der Waals surface area contributed by atoms with Gasteiger partial charge in [-0.2, -0.15) is 0 Å². The van der Waals surface area contributed by atoms with Crippen LogP contribution < -0.4 is 5.32 Å². The molecule has 0 saturated carbocycles. The van der Waals surface area contributed by atoms with Gasteiger partial charge in [-0.15, -0.1) is 0 Å². The molecule has 2 N–H and O–H groups in total. The van der Waals surface area contributed by atoms with Crippen molar-refractivity contribution in [3.63, 3.8) is 0 Å². The number of amides is 1. The fourth-order valence-electron chi connectivity index (χ4n) is 2.85. The molecule has 3 aromatic rings. The molecule has 0 spiro atoms. The maximum Gasteiger partial charge on any atom is 0.289 e. The predicted molar refractivity (Wildman–Crippen MR) is 99.1 cm³/mol. The Balaban J connectivity index is 1.62. The minimum atomic E-state index is -0.224. The van der Waals surface area contributed by atoms with Crippen molar-refractivity contribution in [1.82, 2.24) is 15.3 Å². The summed E-state index contributed by atoms with van der Waals surface area (Å²) in [5.74, 6) is 1.13. The minimum Gasteiger partial charge on any atom is -0.435 e. The second-order valence-electron chi connectivity index (χ2n) is 6.63. The van der Waals surface area contributed by atoms with E-state index in [9.17, 15) is 4.79 Å². The number of aromatic amines is 1. The summed E-state index contributed by atoms with van der Waals surface area (Å²) in [7, 11) is 0. The largest absolute Gasteiger partial charge is 0.435 e. The summed E-state index contributed by atoms with van der Waals surface area (Å²) in [4.78, 5) is 19.9. The van der Waals surface area contributed by atoms with Crippen molar-refractivity contribution >= 4 is 28.4 Å². The molecular weight excluding hydrogens is 338 g/mol. The highest BCUT2D eigenvalue weighted by Crippen LogP contribution is 2.22. The Hall–Kier alpha value is -2.27. The van der Waals surface area contributed by atoms with Gasteiger partial charge in [0.25, 0.3) is 5.91 Å². The topological polar surface area (TPSA) is 70.9 Å². The fourth-order valence-corrected chi connectivity index (χ4v) is 3.02. The van der Waals surface area contributed by atoms with E-state index in [0.29, 0.717) is 41.3 Å². The van der Waals surface area contributed by atoms with Crippen molar-refractivity contribution in [3.8, 4) is 0 Å². The molecule has 0 aliphatic carbocycles. The van der Waals surface area contributed by atoms with Crippen LogP contribution in [-0.4, -0.2) is 22.4 Å². The second kappa shape index (κ2) is 7.31. The van der Waals surface area contributed by atoms with Gasteiger partial charge in [-0.05, 0) is 43.0 Å². The number of oxazole rings is 1. The van der Waals surface area contributed by atoms with E-state index in [0.717, 1.165) is 22.9 Å². The standard InChI is InChI=1S/C19H22ClN3O2/c1-11(2)8-17-23-12(3)18(25-17)19(24)21-7-6-13-10-22-16-5-4-14(20)9-15(13)16/h4-5,9-11,22H,6-8H2,1-3H3,(H,21,24). The van der Waals surface area contributed by atoms with E-state index in [1.165, 1.54) is 0 Å². The highest BCUT2D eigenvalue weighted by Gasteiger charge is 2.17. The van der Waals surface area contributed by atoms with Crippen molar-refractivity contribution in [2.75, 3.05) is 6.54 Å². The van der Waals surface area contributed by atoms with Crippen molar-refractivity contribution in [2.24, 2.45) is 5.92 Å².